The number of nitrogens with zero attached hydrogens (tertiary/aromatic N) is 1. The molecule has 0 radical (unpaired) electrons. The molecule has 0 aromatic heterocycles. The van der Waals surface area contributed by atoms with Crippen molar-refractivity contribution in [2.45, 2.75) is 19.7 Å². The monoisotopic (exact) mass is 241 g/mol. The van der Waals surface area contributed by atoms with Crippen molar-refractivity contribution >= 4 is 11.6 Å². The van der Waals surface area contributed by atoms with E-state index >= 15 is 0 Å². The summed E-state index contributed by atoms with van der Waals surface area (Å²) in [7, 11) is 0. The number of benzene rings is 1. The van der Waals surface area contributed by atoms with E-state index in [9.17, 15) is 0 Å². The van der Waals surface area contributed by atoms with Crippen molar-refractivity contribution in [1.29, 1.82) is 0 Å². The molecule has 0 atom stereocenters. The number of halogens is 1. The SMILES string of the molecule is CCN(CC)CCOc1ccccc1CCl. The molecule has 0 aliphatic carbocycles. The Bertz CT molecular complexity index is 300. The molecule has 0 aliphatic heterocycles. The van der Waals surface area contributed by atoms with E-state index in [0.29, 0.717) is 5.88 Å². The lowest BCUT2D eigenvalue weighted by Crippen LogP contribution is -2.28. The standard InChI is InChI=1S/C13H20ClNO/c1-3-15(4-2)9-10-16-13-8-6-5-7-12(13)11-14/h5-8H,3-4,9-11H2,1-2H3. The summed E-state index contributed by atoms with van der Waals surface area (Å²) in [5, 5.41) is 0. The van der Waals surface area contributed by atoms with E-state index in [-0.39, 0.29) is 0 Å². The molecule has 0 heterocycles. The van der Waals surface area contributed by atoms with Gasteiger partial charge in [-0.3, -0.25) is 0 Å². The van der Waals surface area contributed by atoms with E-state index in [4.69, 9.17) is 16.3 Å². The van der Waals surface area contributed by atoms with Crippen LogP contribution in [0.2, 0.25) is 0 Å². The molecule has 0 bridgehead atoms. The van der Waals surface area contributed by atoms with Gasteiger partial charge in [0.1, 0.15) is 12.4 Å². The Balaban J connectivity index is 2.42. The number of likely N-dealkylation sites (N-methyl/N-ethyl adjacent to an activating group) is 1. The zero-order valence-electron chi connectivity index (χ0n) is 10.1. The predicted octanol–water partition coefficient (Wildman–Crippen LogP) is 3.15. The second-order valence-corrected chi connectivity index (χ2v) is 3.88. The summed E-state index contributed by atoms with van der Waals surface area (Å²) in [6.07, 6.45) is 0. The van der Waals surface area contributed by atoms with Crippen LogP contribution < -0.4 is 4.74 Å². The lowest BCUT2D eigenvalue weighted by atomic mass is 10.2. The van der Waals surface area contributed by atoms with Gasteiger partial charge in [0.15, 0.2) is 0 Å². The lowest BCUT2D eigenvalue weighted by molar-refractivity contribution is 0.222. The first-order valence-corrected chi connectivity index (χ1v) is 6.34. The molecule has 1 aromatic carbocycles. The molecule has 0 aliphatic rings. The highest BCUT2D eigenvalue weighted by Gasteiger charge is 2.03. The molecule has 0 fully saturated rings. The second kappa shape index (κ2) is 7.53. The Morgan fingerprint density at radius 2 is 1.88 bits per heavy atom. The molecule has 1 rings (SSSR count). The van der Waals surface area contributed by atoms with E-state index in [1.54, 1.807) is 0 Å². The van der Waals surface area contributed by atoms with E-state index in [0.717, 1.165) is 37.6 Å². The summed E-state index contributed by atoms with van der Waals surface area (Å²) < 4.78 is 5.74. The molecule has 0 spiro atoms. The largest absolute Gasteiger partial charge is 0.492 e. The Morgan fingerprint density at radius 3 is 2.50 bits per heavy atom. The van der Waals surface area contributed by atoms with Crippen LogP contribution in [0.15, 0.2) is 24.3 Å². The van der Waals surface area contributed by atoms with Crippen LogP contribution in [0.1, 0.15) is 19.4 Å². The highest BCUT2D eigenvalue weighted by Crippen LogP contribution is 2.19. The van der Waals surface area contributed by atoms with Crippen LogP contribution in [0.3, 0.4) is 0 Å². The molecule has 0 amide bonds. The zero-order valence-corrected chi connectivity index (χ0v) is 10.8. The van der Waals surface area contributed by atoms with Gasteiger partial charge in [-0.1, -0.05) is 32.0 Å². The molecule has 0 unspecified atom stereocenters. The van der Waals surface area contributed by atoms with Gasteiger partial charge in [-0.05, 0) is 19.2 Å². The summed E-state index contributed by atoms with van der Waals surface area (Å²) in [5.41, 5.74) is 1.06. The number of para-hydroxylation sites is 1. The maximum absolute atomic E-state index is 5.84. The highest BCUT2D eigenvalue weighted by molar-refractivity contribution is 6.17. The smallest absolute Gasteiger partial charge is 0.123 e. The van der Waals surface area contributed by atoms with Gasteiger partial charge in [0.25, 0.3) is 0 Å². The van der Waals surface area contributed by atoms with Gasteiger partial charge in [0, 0.05) is 12.1 Å². The summed E-state index contributed by atoms with van der Waals surface area (Å²) in [6.45, 7) is 8.14. The van der Waals surface area contributed by atoms with Crippen molar-refractivity contribution in [3.05, 3.63) is 29.8 Å². The van der Waals surface area contributed by atoms with Crippen molar-refractivity contribution in [2.75, 3.05) is 26.2 Å². The topological polar surface area (TPSA) is 12.5 Å². The van der Waals surface area contributed by atoms with E-state index in [1.165, 1.54) is 0 Å². The maximum Gasteiger partial charge on any atom is 0.123 e. The lowest BCUT2D eigenvalue weighted by Gasteiger charge is -2.18. The fraction of sp³-hybridized carbons (Fsp3) is 0.538. The van der Waals surface area contributed by atoms with Gasteiger partial charge in [0.05, 0.1) is 5.88 Å². The van der Waals surface area contributed by atoms with Crippen LogP contribution in [-0.4, -0.2) is 31.1 Å². The molecule has 0 saturated heterocycles. The molecule has 0 N–H and O–H groups in total. The fourth-order valence-corrected chi connectivity index (χ4v) is 1.80. The first kappa shape index (κ1) is 13.3. The van der Waals surface area contributed by atoms with Gasteiger partial charge < -0.3 is 9.64 Å². The third-order valence-electron chi connectivity index (χ3n) is 2.68. The molecule has 90 valence electrons. The molecule has 0 saturated carbocycles. The maximum atomic E-state index is 5.84. The first-order valence-electron chi connectivity index (χ1n) is 5.80. The number of alkyl halides is 1. The van der Waals surface area contributed by atoms with Gasteiger partial charge in [-0.25, -0.2) is 0 Å². The Morgan fingerprint density at radius 1 is 1.19 bits per heavy atom. The quantitative estimate of drug-likeness (QED) is 0.680. The average Bonchev–Trinajstić information content (AvgIpc) is 2.35. The normalized spacial score (nSPS) is 10.8. The minimum Gasteiger partial charge on any atom is -0.492 e. The van der Waals surface area contributed by atoms with Crippen molar-refractivity contribution < 1.29 is 4.74 Å². The first-order chi connectivity index (χ1) is 7.81. The summed E-state index contributed by atoms with van der Waals surface area (Å²) in [5.74, 6) is 1.41. The van der Waals surface area contributed by atoms with Crippen LogP contribution in [0.25, 0.3) is 0 Å². The van der Waals surface area contributed by atoms with Gasteiger partial charge >= 0.3 is 0 Å². The van der Waals surface area contributed by atoms with Crippen LogP contribution in [-0.2, 0) is 5.88 Å². The molecule has 3 heteroatoms. The second-order valence-electron chi connectivity index (χ2n) is 3.62. The van der Waals surface area contributed by atoms with Gasteiger partial charge in [-0.15, -0.1) is 11.6 Å². The summed E-state index contributed by atoms with van der Waals surface area (Å²) >= 11 is 5.84. The Hall–Kier alpha value is -0.730. The number of hydrogen-bond donors (Lipinski definition) is 0. The minimum atomic E-state index is 0.501. The van der Waals surface area contributed by atoms with Crippen molar-refractivity contribution in [1.82, 2.24) is 4.90 Å². The molecule has 2 nitrogen and oxygen atoms in total. The third kappa shape index (κ3) is 4.03. The van der Waals surface area contributed by atoms with E-state index in [2.05, 4.69) is 18.7 Å². The summed E-state index contributed by atoms with van der Waals surface area (Å²) in [6, 6.07) is 7.93. The predicted molar refractivity (Wildman–Crippen MR) is 69.3 cm³/mol. The van der Waals surface area contributed by atoms with Crippen molar-refractivity contribution in [2.24, 2.45) is 0 Å². The van der Waals surface area contributed by atoms with Crippen LogP contribution >= 0.6 is 11.6 Å². The Kier molecular flexibility index (Phi) is 6.27. The molecule has 1 aromatic rings. The van der Waals surface area contributed by atoms with Gasteiger partial charge in [0.2, 0.25) is 0 Å². The highest BCUT2D eigenvalue weighted by atomic mass is 35.5. The van der Waals surface area contributed by atoms with Gasteiger partial charge in [-0.2, -0.15) is 0 Å². The molecular weight excluding hydrogens is 222 g/mol. The van der Waals surface area contributed by atoms with Crippen molar-refractivity contribution in [3.8, 4) is 5.75 Å². The number of hydrogen-bond acceptors (Lipinski definition) is 2. The third-order valence-corrected chi connectivity index (χ3v) is 2.96. The van der Waals surface area contributed by atoms with Crippen LogP contribution in [0.4, 0.5) is 0 Å². The zero-order chi connectivity index (χ0) is 11.8. The van der Waals surface area contributed by atoms with Crippen LogP contribution in [0, 0.1) is 0 Å². The average molecular weight is 242 g/mol. The minimum absolute atomic E-state index is 0.501. The molecular formula is C13H20ClNO. The fourth-order valence-electron chi connectivity index (χ4n) is 1.58. The molecule has 16 heavy (non-hydrogen) atoms. The van der Waals surface area contributed by atoms with E-state index in [1.807, 2.05) is 24.3 Å². The van der Waals surface area contributed by atoms with Crippen LogP contribution in [0.5, 0.6) is 5.75 Å². The number of ether oxygens (including phenoxy) is 1. The Labute approximate surface area is 103 Å². The van der Waals surface area contributed by atoms with Crippen molar-refractivity contribution in [3.63, 3.8) is 0 Å². The van der Waals surface area contributed by atoms with E-state index < -0.39 is 0 Å². The summed E-state index contributed by atoms with van der Waals surface area (Å²) in [4.78, 5) is 2.34. The number of rotatable bonds is 7.